The average molecular weight is 579 g/mol. The molecule has 0 saturated heterocycles. The van der Waals surface area contributed by atoms with Gasteiger partial charge in [0.15, 0.2) is 5.75 Å². The van der Waals surface area contributed by atoms with Gasteiger partial charge in [-0.2, -0.15) is 0 Å². The first-order valence-corrected chi connectivity index (χ1v) is 14.8. The molecule has 7 nitrogen and oxygen atoms in total. The van der Waals surface area contributed by atoms with Gasteiger partial charge in [0.25, 0.3) is 5.91 Å². The molecule has 3 aromatic carbocycles. The number of benzene rings is 2. The van der Waals surface area contributed by atoms with E-state index >= 15 is 0 Å². The fourth-order valence-corrected chi connectivity index (χ4v) is 5.24. The second kappa shape index (κ2) is 13.2. The standard InChI is InChI=1S/C36H38N2O5/c1-36(2,3)28-12-17-30(18-13-28)43-31-16-11-26-22-37-32(21-27(26)20-31)34(39)38-33(35(40)41-4)19-24-9-14-29(15-10-24)42-23-25-7-5-6-8-25/h9,11-14,16-18,20-22,25,33H,5-8,19,23H2,1-4H3,(H,38,39)/t33-/m0/s1. The van der Waals surface area contributed by atoms with Gasteiger partial charge < -0.3 is 19.5 Å². The van der Waals surface area contributed by atoms with Crippen molar-refractivity contribution >= 4 is 22.6 Å². The molecule has 7 heteroatoms. The maximum Gasteiger partial charge on any atom is 0.328 e. The third-order valence-corrected chi connectivity index (χ3v) is 7.83. The van der Waals surface area contributed by atoms with Crippen molar-refractivity contribution in [2.24, 2.45) is 5.92 Å². The highest BCUT2D eigenvalue weighted by Crippen LogP contribution is 2.29. The minimum Gasteiger partial charge on any atom is -0.485 e. The Morgan fingerprint density at radius 1 is 0.953 bits per heavy atom. The number of hydrogen-bond donors (Lipinski definition) is 1. The van der Waals surface area contributed by atoms with Gasteiger partial charge in [0.2, 0.25) is 0 Å². The summed E-state index contributed by atoms with van der Waals surface area (Å²) in [6.07, 6.45) is 6.76. The molecule has 0 radical (unpaired) electrons. The number of fused-ring (bicyclic) bond motifs is 1. The summed E-state index contributed by atoms with van der Waals surface area (Å²) in [5.74, 6) is 1.55. The van der Waals surface area contributed by atoms with Crippen LogP contribution in [0.2, 0.25) is 0 Å². The van der Waals surface area contributed by atoms with E-state index in [2.05, 4.69) is 55.3 Å². The molecule has 0 bridgehead atoms. The molecule has 0 spiro atoms. The lowest BCUT2D eigenvalue weighted by Crippen LogP contribution is -2.43. The van der Waals surface area contributed by atoms with Crippen molar-refractivity contribution in [1.29, 1.82) is 0 Å². The first kappa shape index (κ1) is 29.9. The lowest BCUT2D eigenvalue weighted by atomic mass is 9.87. The lowest BCUT2D eigenvalue weighted by molar-refractivity contribution is -0.142. The van der Waals surface area contributed by atoms with Crippen LogP contribution in [0.15, 0.2) is 66.9 Å². The molecule has 1 saturated carbocycles. The van der Waals surface area contributed by atoms with Crippen LogP contribution in [0.25, 0.3) is 10.8 Å². The number of carbonyl (C=O) groups excluding carboxylic acids is 2. The summed E-state index contributed by atoms with van der Waals surface area (Å²) in [6, 6.07) is 24.2. The van der Waals surface area contributed by atoms with Crippen LogP contribution >= 0.6 is 0 Å². The number of carbonyl (C=O) groups is 2. The van der Waals surface area contributed by atoms with Gasteiger partial charge in [-0.3, -0.25) is 9.78 Å². The van der Waals surface area contributed by atoms with Gasteiger partial charge in [0, 0.05) is 23.6 Å². The van der Waals surface area contributed by atoms with Gasteiger partial charge >= 0.3 is 5.97 Å². The molecule has 0 unspecified atom stereocenters. The van der Waals surface area contributed by atoms with E-state index in [4.69, 9.17) is 14.2 Å². The molecule has 0 aliphatic heterocycles. The number of methoxy groups -OCH3 is 1. The fourth-order valence-electron chi connectivity index (χ4n) is 5.24. The van der Waals surface area contributed by atoms with Crippen LogP contribution < -0.4 is 14.8 Å². The maximum absolute atomic E-state index is 13.2. The Morgan fingerprint density at radius 3 is 2.37 bits per heavy atom. The molecule has 1 aromatic heterocycles. The predicted octanol–water partition coefficient (Wildman–Crippen LogP) is 7.01. The highest BCUT2D eigenvalue weighted by molar-refractivity contribution is 5.98. The van der Waals surface area contributed by atoms with Gasteiger partial charge in [-0.1, -0.05) is 51.8 Å². The molecule has 222 valence electrons. The topological polar surface area (TPSA) is 86.8 Å². The smallest absolute Gasteiger partial charge is 0.328 e. The molecule has 1 atom stereocenters. The molecular formula is C36H38N2O5. The summed E-state index contributed by atoms with van der Waals surface area (Å²) in [5, 5.41) is 4.42. The molecule has 4 aromatic rings. The van der Waals surface area contributed by atoms with Crippen LogP contribution in [-0.4, -0.2) is 36.6 Å². The Bertz CT molecular complexity index is 1550. The van der Waals surface area contributed by atoms with E-state index in [1.54, 1.807) is 12.3 Å². The molecule has 1 aliphatic rings. The third kappa shape index (κ3) is 7.84. The Kier molecular flexibility index (Phi) is 9.16. The summed E-state index contributed by atoms with van der Waals surface area (Å²) in [7, 11) is 1.30. The van der Waals surface area contributed by atoms with Crippen LogP contribution in [0.1, 0.15) is 68.1 Å². The van der Waals surface area contributed by atoms with Crippen molar-refractivity contribution in [2.45, 2.75) is 64.3 Å². The number of ether oxygens (including phenoxy) is 3. The highest BCUT2D eigenvalue weighted by Gasteiger charge is 2.24. The molecule has 1 amide bonds. The first-order valence-electron chi connectivity index (χ1n) is 14.8. The first-order chi connectivity index (χ1) is 20.7. The van der Waals surface area contributed by atoms with Gasteiger partial charge in [-0.25, -0.2) is 4.79 Å². The van der Waals surface area contributed by atoms with Gasteiger partial charge in [-0.05, 0) is 89.7 Å². The Labute approximate surface area is 253 Å². The maximum atomic E-state index is 13.2. The van der Waals surface area contributed by atoms with Crippen molar-refractivity contribution in [3.63, 3.8) is 0 Å². The molecule has 1 N–H and O–H groups in total. The highest BCUT2D eigenvalue weighted by atomic mass is 16.5. The summed E-state index contributed by atoms with van der Waals surface area (Å²) in [4.78, 5) is 30.1. The number of hydrogen-bond acceptors (Lipinski definition) is 6. The monoisotopic (exact) mass is 578 g/mol. The summed E-state index contributed by atoms with van der Waals surface area (Å²) >= 11 is 0. The number of nitrogens with zero attached hydrogens (tertiary/aromatic N) is 1. The largest absolute Gasteiger partial charge is 0.485 e. The van der Waals surface area contributed by atoms with E-state index in [1.165, 1.54) is 38.4 Å². The number of nitrogens with one attached hydrogen (secondary N) is 1. The van der Waals surface area contributed by atoms with Crippen LogP contribution in [0.3, 0.4) is 0 Å². The van der Waals surface area contributed by atoms with Crippen molar-refractivity contribution in [3.8, 4) is 17.2 Å². The van der Waals surface area contributed by atoms with Crippen LogP contribution in [0.5, 0.6) is 17.2 Å². The number of pyridine rings is 1. The lowest BCUT2D eigenvalue weighted by Gasteiger charge is -2.19. The van der Waals surface area contributed by atoms with Crippen molar-refractivity contribution in [2.75, 3.05) is 13.7 Å². The zero-order valence-electron chi connectivity index (χ0n) is 25.2. The summed E-state index contributed by atoms with van der Waals surface area (Å²) in [6.45, 7) is 7.19. The second-order valence-electron chi connectivity index (χ2n) is 12.1. The Balaban J connectivity index is 1.24. The van der Waals surface area contributed by atoms with Gasteiger partial charge in [0.1, 0.15) is 23.2 Å². The Morgan fingerprint density at radius 2 is 1.70 bits per heavy atom. The number of rotatable bonds is 10. The molecule has 1 aliphatic carbocycles. The molecule has 1 heterocycles. The van der Waals surface area contributed by atoms with E-state index in [9.17, 15) is 9.59 Å². The van der Waals surface area contributed by atoms with E-state index in [1.807, 2.05) is 42.5 Å². The minimum atomic E-state index is -0.921. The summed E-state index contributed by atoms with van der Waals surface area (Å²) < 4.78 is 16.9. The van der Waals surface area contributed by atoms with Gasteiger partial charge in [0.05, 0.1) is 13.7 Å². The van der Waals surface area contributed by atoms with Crippen LogP contribution in [0.4, 0.5) is 0 Å². The van der Waals surface area contributed by atoms with Crippen LogP contribution in [-0.2, 0) is 21.4 Å². The van der Waals surface area contributed by atoms with Crippen LogP contribution in [0, 0.1) is 18.1 Å². The van der Waals surface area contributed by atoms with E-state index < -0.39 is 17.9 Å². The minimum absolute atomic E-state index is 0.0583. The second-order valence-corrected chi connectivity index (χ2v) is 12.1. The average Bonchev–Trinajstić information content (AvgIpc) is 3.53. The summed E-state index contributed by atoms with van der Waals surface area (Å²) in [5.41, 5.74) is 2.16. The number of esters is 1. The molecular weight excluding hydrogens is 540 g/mol. The third-order valence-electron chi connectivity index (χ3n) is 7.83. The predicted molar refractivity (Wildman–Crippen MR) is 166 cm³/mol. The quantitative estimate of drug-likeness (QED) is 0.204. The SMILES string of the molecule is COC(=O)[C@H](Cc1c#cc(OCC2CCCC2)cc1)NC(=O)c1cc2cc(Oc3ccc(C(C)(C)C)cc3)ccc2cn1. The van der Waals surface area contributed by atoms with E-state index in [0.717, 1.165) is 16.5 Å². The van der Waals surface area contributed by atoms with Crippen molar-refractivity contribution in [1.82, 2.24) is 10.3 Å². The van der Waals surface area contributed by atoms with E-state index in [-0.39, 0.29) is 17.5 Å². The molecule has 43 heavy (non-hydrogen) atoms. The van der Waals surface area contributed by atoms with Crippen molar-refractivity contribution < 1.29 is 23.8 Å². The zero-order chi connectivity index (χ0) is 30.4. The van der Waals surface area contributed by atoms with E-state index in [0.29, 0.717) is 29.6 Å². The fraction of sp³-hybridized carbons (Fsp3) is 0.361. The van der Waals surface area contributed by atoms with Crippen molar-refractivity contribution in [3.05, 3.63) is 95.8 Å². The zero-order valence-corrected chi connectivity index (χ0v) is 25.2. The molecule has 1 fully saturated rings. The number of aromatic nitrogens is 1. The van der Waals surface area contributed by atoms with Gasteiger partial charge in [-0.15, -0.1) is 0 Å². The Hall–Kier alpha value is -4.57. The normalized spacial score (nSPS) is 14.1. The molecule has 5 rings (SSSR count). The number of amides is 1.